The van der Waals surface area contributed by atoms with E-state index in [9.17, 15) is 19.1 Å². The van der Waals surface area contributed by atoms with Crippen LogP contribution in [0, 0.1) is 19.7 Å². The summed E-state index contributed by atoms with van der Waals surface area (Å²) in [6, 6.07) is 9.28. The Morgan fingerprint density at radius 1 is 1.11 bits per heavy atom. The smallest absolute Gasteiger partial charge is 0.336 e. The van der Waals surface area contributed by atoms with E-state index >= 15 is 0 Å². The van der Waals surface area contributed by atoms with E-state index in [0.717, 1.165) is 5.56 Å². The first-order valence-corrected chi connectivity index (χ1v) is 8.83. The minimum Gasteiger partial charge on any atom is -0.478 e. The third-order valence-corrected chi connectivity index (χ3v) is 5.21. The van der Waals surface area contributed by atoms with Gasteiger partial charge in [-0.25, -0.2) is 9.18 Å². The Labute approximate surface area is 157 Å². The van der Waals surface area contributed by atoms with Crippen LogP contribution in [-0.2, 0) is 14.9 Å². The number of halogens is 1. The molecule has 142 valence electrons. The molecule has 0 saturated carbocycles. The van der Waals surface area contributed by atoms with Crippen molar-refractivity contribution in [3.63, 3.8) is 0 Å². The molecule has 0 spiro atoms. The molecule has 0 aromatic heterocycles. The Balaban J connectivity index is 1.99. The van der Waals surface area contributed by atoms with Crippen LogP contribution in [0.25, 0.3) is 0 Å². The van der Waals surface area contributed by atoms with E-state index < -0.39 is 17.2 Å². The number of hydrogen-bond acceptors (Lipinski definition) is 3. The molecule has 1 saturated heterocycles. The van der Waals surface area contributed by atoms with E-state index in [-0.39, 0.29) is 11.5 Å². The van der Waals surface area contributed by atoms with Crippen LogP contribution in [0.5, 0.6) is 0 Å². The fourth-order valence-corrected chi connectivity index (χ4v) is 3.61. The number of amides is 1. The molecule has 27 heavy (non-hydrogen) atoms. The van der Waals surface area contributed by atoms with Crippen LogP contribution in [0.4, 0.5) is 10.1 Å². The lowest BCUT2D eigenvalue weighted by Gasteiger charge is -2.36. The highest BCUT2D eigenvalue weighted by molar-refractivity contribution is 6.01. The van der Waals surface area contributed by atoms with Crippen LogP contribution in [0.15, 0.2) is 36.4 Å². The predicted molar refractivity (Wildman–Crippen MR) is 99.6 cm³/mol. The molecule has 0 unspecified atom stereocenters. The van der Waals surface area contributed by atoms with Gasteiger partial charge in [0.25, 0.3) is 0 Å². The number of carboxylic acid groups (broad SMARTS) is 1. The van der Waals surface area contributed by atoms with Gasteiger partial charge < -0.3 is 15.2 Å². The Kier molecular flexibility index (Phi) is 5.28. The summed E-state index contributed by atoms with van der Waals surface area (Å²) in [5, 5.41) is 12.2. The average Bonchev–Trinajstić information content (AvgIpc) is 2.64. The van der Waals surface area contributed by atoms with Gasteiger partial charge in [-0.3, -0.25) is 4.79 Å². The molecule has 1 amide bonds. The molecule has 1 aliphatic rings. The maximum absolute atomic E-state index is 13.8. The summed E-state index contributed by atoms with van der Waals surface area (Å²) in [4.78, 5) is 24.7. The van der Waals surface area contributed by atoms with Gasteiger partial charge in [-0.1, -0.05) is 18.2 Å². The normalized spacial score (nSPS) is 16.0. The van der Waals surface area contributed by atoms with Gasteiger partial charge >= 0.3 is 5.97 Å². The third-order valence-electron chi connectivity index (χ3n) is 5.21. The monoisotopic (exact) mass is 371 g/mol. The molecule has 2 N–H and O–H groups in total. The van der Waals surface area contributed by atoms with Gasteiger partial charge in [0.1, 0.15) is 5.82 Å². The first-order chi connectivity index (χ1) is 12.8. The summed E-state index contributed by atoms with van der Waals surface area (Å²) in [6.07, 6.45) is 0.859. The van der Waals surface area contributed by atoms with E-state index in [2.05, 4.69) is 5.32 Å². The van der Waals surface area contributed by atoms with E-state index in [1.54, 1.807) is 25.1 Å². The first kappa shape index (κ1) is 19.0. The lowest BCUT2D eigenvalue weighted by molar-refractivity contribution is -0.125. The number of carbonyl (C=O) groups excluding carboxylic acids is 1. The highest BCUT2D eigenvalue weighted by Gasteiger charge is 2.42. The van der Waals surface area contributed by atoms with Gasteiger partial charge in [0.15, 0.2) is 0 Å². The summed E-state index contributed by atoms with van der Waals surface area (Å²) in [7, 11) is 0. The van der Waals surface area contributed by atoms with Crippen molar-refractivity contribution in [1.82, 2.24) is 0 Å². The summed E-state index contributed by atoms with van der Waals surface area (Å²) in [5.41, 5.74) is 1.68. The fourth-order valence-electron chi connectivity index (χ4n) is 3.61. The Morgan fingerprint density at radius 3 is 2.44 bits per heavy atom. The average molecular weight is 371 g/mol. The number of nitrogens with one attached hydrogen (secondary N) is 1. The largest absolute Gasteiger partial charge is 0.478 e. The SMILES string of the molecule is Cc1cc(C)c(C(=O)O)cc1NC(=O)C1(c2cccc(F)c2)CCOCC1. The number of anilines is 1. The summed E-state index contributed by atoms with van der Waals surface area (Å²) in [5.74, 6) is -1.72. The number of aromatic carboxylic acids is 1. The van der Waals surface area contributed by atoms with Crippen molar-refractivity contribution >= 4 is 17.6 Å². The number of hydrogen-bond donors (Lipinski definition) is 2. The lowest BCUT2D eigenvalue weighted by atomic mass is 9.73. The quantitative estimate of drug-likeness (QED) is 0.857. The lowest BCUT2D eigenvalue weighted by Crippen LogP contribution is -2.45. The fraction of sp³-hybridized carbons (Fsp3) is 0.333. The summed E-state index contributed by atoms with van der Waals surface area (Å²) in [6.45, 7) is 4.33. The first-order valence-electron chi connectivity index (χ1n) is 8.83. The number of benzene rings is 2. The molecule has 5 nitrogen and oxygen atoms in total. The van der Waals surface area contributed by atoms with Gasteiger partial charge in [0, 0.05) is 18.9 Å². The minimum absolute atomic E-state index is 0.141. The van der Waals surface area contributed by atoms with E-state index in [0.29, 0.717) is 42.9 Å². The van der Waals surface area contributed by atoms with Crippen molar-refractivity contribution in [2.24, 2.45) is 0 Å². The Morgan fingerprint density at radius 2 is 1.81 bits per heavy atom. The molecule has 2 aromatic rings. The number of carboxylic acids is 1. The van der Waals surface area contributed by atoms with Crippen molar-refractivity contribution in [3.05, 3.63) is 64.5 Å². The Bertz CT molecular complexity index is 888. The van der Waals surface area contributed by atoms with E-state index in [1.165, 1.54) is 18.2 Å². The van der Waals surface area contributed by atoms with Crippen LogP contribution >= 0.6 is 0 Å². The molecule has 0 atom stereocenters. The molecular weight excluding hydrogens is 349 g/mol. The van der Waals surface area contributed by atoms with Gasteiger partial charge in [-0.15, -0.1) is 0 Å². The topological polar surface area (TPSA) is 75.6 Å². The van der Waals surface area contributed by atoms with Crippen LogP contribution in [0.2, 0.25) is 0 Å². The molecule has 6 heteroatoms. The van der Waals surface area contributed by atoms with Crippen molar-refractivity contribution in [2.45, 2.75) is 32.1 Å². The molecule has 1 heterocycles. The molecule has 2 aromatic carbocycles. The van der Waals surface area contributed by atoms with E-state index in [4.69, 9.17) is 4.74 Å². The number of ether oxygens (including phenoxy) is 1. The zero-order chi connectivity index (χ0) is 19.6. The van der Waals surface area contributed by atoms with Crippen molar-refractivity contribution in [1.29, 1.82) is 0 Å². The predicted octanol–water partition coefficient (Wildman–Crippen LogP) is 3.83. The standard InChI is InChI=1S/C21H22FNO4/c1-13-10-14(2)18(12-17(13)19(24)25)23-20(26)21(6-8-27-9-7-21)15-4-3-5-16(22)11-15/h3-5,10-12H,6-9H2,1-2H3,(H,23,26)(H,24,25). The second kappa shape index (κ2) is 7.48. The zero-order valence-electron chi connectivity index (χ0n) is 15.3. The van der Waals surface area contributed by atoms with Crippen LogP contribution < -0.4 is 5.32 Å². The second-order valence-corrected chi connectivity index (χ2v) is 6.95. The second-order valence-electron chi connectivity index (χ2n) is 6.95. The molecule has 1 aliphatic heterocycles. The maximum Gasteiger partial charge on any atom is 0.336 e. The van der Waals surface area contributed by atoms with Gasteiger partial charge in [-0.05, 0) is 61.6 Å². The van der Waals surface area contributed by atoms with Crippen LogP contribution in [0.1, 0.15) is 39.9 Å². The van der Waals surface area contributed by atoms with Crippen molar-refractivity contribution in [3.8, 4) is 0 Å². The van der Waals surface area contributed by atoms with Gasteiger partial charge in [0.05, 0.1) is 11.0 Å². The van der Waals surface area contributed by atoms with Crippen LogP contribution in [0.3, 0.4) is 0 Å². The highest BCUT2D eigenvalue weighted by atomic mass is 19.1. The van der Waals surface area contributed by atoms with Crippen molar-refractivity contribution in [2.75, 3.05) is 18.5 Å². The number of carbonyl (C=O) groups is 2. The molecular formula is C21H22FNO4. The van der Waals surface area contributed by atoms with Crippen molar-refractivity contribution < 1.29 is 23.8 Å². The maximum atomic E-state index is 13.8. The third kappa shape index (κ3) is 3.71. The molecule has 0 aliphatic carbocycles. The molecule has 0 bridgehead atoms. The number of rotatable bonds is 4. The summed E-state index contributed by atoms with van der Waals surface area (Å²) < 4.78 is 19.2. The zero-order valence-corrected chi connectivity index (χ0v) is 15.3. The summed E-state index contributed by atoms with van der Waals surface area (Å²) >= 11 is 0. The van der Waals surface area contributed by atoms with Gasteiger partial charge in [0.2, 0.25) is 5.91 Å². The van der Waals surface area contributed by atoms with Gasteiger partial charge in [-0.2, -0.15) is 0 Å². The molecule has 1 fully saturated rings. The highest BCUT2D eigenvalue weighted by Crippen LogP contribution is 2.37. The number of aryl methyl sites for hydroxylation is 2. The molecule has 0 radical (unpaired) electrons. The molecule has 3 rings (SSSR count). The minimum atomic E-state index is -1.05. The van der Waals surface area contributed by atoms with E-state index in [1.807, 2.05) is 6.92 Å². The van der Waals surface area contributed by atoms with Crippen LogP contribution in [-0.4, -0.2) is 30.2 Å². The Hall–Kier alpha value is -2.73.